The lowest BCUT2D eigenvalue weighted by atomic mass is 10.3. The van der Waals surface area contributed by atoms with Gasteiger partial charge in [-0.3, -0.25) is 19.3 Å². The SMILES string of the molecule is Cn1nc(C(=O)NCc2cccnc2)cc1NC(=O)C1CC1. The summed E-state index contributed by atoms with van der Waals surface area (Å²) in [6.45, 7) is 0.382. The molecule has 114 valence electrons. The second kappa shape index (κ2) is 5.97. The molecule has 1 fully saturated rings. The van der Waals surface area contributed by atoms with Gasteiger partial charge in [-0.25, -0.2) is 0 Å². The normalized spacial score (nSPS) is 13.7. The van der Waals surface area contributed by atoms with Crippen LogP contribution in [0.5, 0.6) is 0 Å². The largest absolute Gasteiger partial charge is 0.347 e. The number of nitrogens with one attached hydrogen (secondary N) is 2. The second-order valence-corrected chi connectivity index (χ2v) is 5.35. The molecule has 2 N–H and O–H groups in total. The Balaban J connectivity index is 1.61. The molecule has 0 saturated heterocycles. The van der Waals surface area contributed by atoms with Gasteiger partial charge in [0.1, 0.15) is 5.82 Å². The van der Waals surface area contributed by atoms with Crippen molar-refractivity contribution in [2.75, 3.05) is 5.32 Å². The zero-order valence-electron chi connectivity index (χ0n) is 12.2. The molecule has 1 saturated carbocycles. The number of carbonyl (C=O) groups is 2. The van der Waals surface area contributed by atoms with E-state index in [9.17, 15) is 9.59 Å². The maximum Gasteiger partial charge on any atom is 0.272 e. The van der Waals surface area contributed by atoms with Crippen molar-refractivity contribution in [2.45, 2.75) is 19.4 Å². The van der Waals surface area contributed by atoms with E-state index in [0.717, 1.165) is 18.4 Å². The second-order valence-electron chi connectivity index (χ2n) is 5.35. The predicted octanol–water partition coefficient (Wildman–Crippen LogP) is 1.09. The summed E-state index contributed by atoms with van der Waals surface area (Å²) in [5.74, 6) is 0.345. The average Bonchev–Trinajstić information content (AvgIpc) is 3.31. The van der Waals surface area contributed by atoms with E-state index < -0.39 is 0 Å². The Bertz CT molecular complexity index is 691. The van der Waals surface area contributed by atoms with Gasteiger partial charge >= 0.3 is 0 Å². The van der Waals surface area contributed by atoms with Crippen molar-refractivity contribution in [3.63, 3.8) is 0 Å². The lowest BCUT2D eigenvalue weighted by molar-refractivity contribution is -0.117. The molecule has 2 amide bonds. The summed E-state index contributed by atoms with van der Waals surface area (Å²) < 4.78 is 1.50. The van der Waals surface area contributed by atoms with Crippen molar-refractivity contribution in [3.8, 4) is 0 Å². The first-order valence-corrected chi connectivity index (χ1v) is 7.15. The minimum absolute atomic E-state index is 0.00896. The molecule has 3 rings (SSSR count). The Kier molecular flexibility index (Phi) is 3.86. The van der Waals surface area contributed by atoms with Crippen LogP contribution >= 0.6 is 0 Å². The number of carbonyl (C=O) groups excluding carboxylic acids is 2. The third-order valence-electron chi connectivity index (χ3n) is 3.49. The number of nitrogens with zero attached hydrogens (tertiary/aromatic N) is 3. The number of aromatic nitrogens is 3. The van der Waals surface area contributed by atoms with Crippen LogP contribution in [0.25, 0.3) is 0 Å². The summed E-state index contributed by atoms with van der Waals surface area (Å²) in [7, 11) is 1.69. The molecule has 7 heteroatoms. The monoisotopic (exact) mass is 299 g/mol. The maximum absolute atomic E-state index is 12.1. The van der Waals surface area contributed by atoms with Gasteiger partial charge in [0.25, 0.3) is 5.91 Å². The quantitative estimate of drug-likeness (QED) is 0.865. The molecule has 1 aliphatic rings. The molecule has 0 atom stereocenters. The highest BCUT2D eigenvalue weighted by Crippen LogP contribution is 2.30. The van der Waals surface area contributed by atoms with Crippen LogP contribution in [-0.4, -0.2) is 26.6 Å². The third-order valence-corrected chi connectivity index (χ3v) is 3.49. The molecule has 0 aromatic carbocycles. The number of amides is 2. The van der Waals surface area contributed by atoms with Crippen molar-refractivity contribution in [2.24, 2.45) is 13.0 Å². The Morgan fingerprint density at radius 1 is 1.41 bits per heavy atom. The Morgan fingerprint density at radius 3 is 2.91 bits per heavy atom. The van der Waals surface area contributed by atoms with Crippen LogP contribution in [0.3, 0.4) is 0 Å². The van der Waals surface area contributed by atoms with E-state index in [0.29, 0.717) is 12.4 Å². The van der Waals surface area contributed by atoms with Crippen molar-refractivity contribution < 1.29 is 9.59 Å². The van der Waals surface area contributed by atoms with Crippen molar-refractivity contribution in [1.29, 1.82) is 0 Å². The summed E-state index contributed by atoms with van der Waals surface area (Å²) in [6.07, 6.45) is 5.24. The lowest BCUT2D eigenvalue weighted by Gasteiger charge is -2.02. The first-order valence-electron chi connectivity index (χ1n) is 7.15. The van der Waals surface area contributed by atoms with Crippen molar-refractivity contribution >= 4 is 17.6 Å². The smallest absolute Gasteiger partial charge is 0.272 e. The van der Waals surface area contributed by atoms with Gasteiger partial charge in [-0.05, 0) is 24.5 Å². The number of hydrogen-bond donors (Lipinski definition) is 2. The van der Waals surface area contributed by atoms with E-state index in [1.807, 2.05) is 12.1 Å². The van der Waals surface area contributed by atoms with Gasteiger partial charge in [-0.2, -0.15) is 5.10 Å². The van der Waals surface area contributed by atoms with Crippen LogP contribution < -0.4 is 10.6 Å². The van der Waals surface area contributed by atoms with E-state index in [1.165, 1.54) is 4.68 Å². The van der Waals surface area contributed by atoms with Crippen LogP contribution in [0.4, 0.5) is 5.82 Å². The van der Waals surface area contributed by atoms with Crippen LogP contribution in [-0.2, 0) is 18.4 Å². The first-order chi connectivity index (χ1) is 10.6. The minimum atomic E-state index is -0.286. The highest BCUT2D eigenvalue weighted by atomic mass is 16.2. The molecule has 2 aromatic heterocycles. The molecular formula is C15H17N5O2. The van der Waals surface area contributed by atoms with Crippen LogP contribution in [0.2, 0.25) is 0 Å². The van der Waals surface area contributed by atoms with E-state index in [2.05, 4.69) is 20.7 Å². The summed E-state index contributed by atoms with van der Waals surface area (Å²) in [4.78, 5) is 27.8. The van der Waals surface area contributed by atoms with Gasteiger partial charge in [-0.1, -0.05) is 6.07 Å². The number of aryl methyl sites for hydroxylation is 1. The fourth-order valence-corrected chi connectivity index (χ4v) is 2.04. The van der Waals surface area contributed by atoms with Gasteiger partial charge < -0.3 is 10.6 Å². The van der Waals surface area contributed by atoms with Gasteiger partial charge in [0.15, 0.2) is 5.69 Å². The van der Waals surface area contributed by atoms with E-state index in [4.69, 9.17) is 0 Å². The molecule has 7 nitrogen and oxygen atoms in total. The number of anilines is 1. The topological polar surface area (TPSA) is 88.9 Å². The zero-order valence-corrected chi connectivity index (χ0v) is 12.2. The summed E-state index contributed by atoms with van der Waals surface area (Å²) in [5, 5.41) is 9.70. The molecule has 0 unspecified atom stereocenters. The van der Waals surface area contributed by atoms with E-state index >= 15 is 0 Å². The maximum atomic E-state index is 12.1. The van der Waals surface area contributed by atoms with Crippen molar-refractivity contribution in [1.82, 2.24) is 20.1 Å². The Morgan fingerprint density at radius 2 is 2.23 bits per heavy atom. The highest BCUT2D eigenvalue weighted by Gasteiger charge is 2.30. The highest BCUT2D eigenvalue weighted by molar-refractivity contribution is 5.96. The number of rotatable bonds is 5. The lowest BCUT2D eigenvalue weighted by Crippen LogP contribution is -2.23. The van der Waals surface area contributed by atoms with E-state index in [-0.39, 0.29) is 23.4 Å². The van der Waals surface area contributed by atoms with Crippen molar-refractivity contribution in [3.05, 3.63) is 41.9 Å². The van der Waals surface area contributed by atoms with Gasteiger partial charge in [0, 0.05) is 38.0 Å². The molecule has 0 spiro atoms. The fourth-order valence-electron chi connectivity index (χ4n) is 2.04. The molecular weight excluding hydrogens is 282 g/mol. The molecule has 2 heterocycles. The van der Waals surface area contributed by atoms with Gasteiger partial charge in [0.05, 0.1) is 0 Å². The Labute approximate surface area is 127 Å². The summed E-state index contributed by atoms with van der Waals surface area (Å²) in [6, 6.07) is 5.28. The zero-order chi connectivity index (χ0) is 15.5. The Hall–Kier alpha value is -2.70. The predicted molar refractivity (Wildman–Crippen MR) is 80.0 cm³/mol. The number of pyridine rings is 1. The number of hydrogen-bond acceptors (Lipinski definition) is 4. The first kappa shape index (κ1) is 14.2. The summed E-state index contributed by atoms with van der Waals surface area (Å²) in [5.41, 5.74) is 1.19. The van der Waals surface area contributed by atoms with Crippen LogP contribution in [0, 0.1) is 5.92 Å². The van der Waals surface area contributed by atoms with E-state index in [1.54, 1.807) is 25.5 Å². The van der Waals surface area contributed by atoms with Crippen LogP contribution in [0.1, 0.15) is 28.9 Å². The van der Waals surface area contributed by atoms with Gasteiger partial charge in [-0.15, -0.1) is 0 Å². The molecule has 1 aliphatic carbocycles. The fraction of sp³-hybridized carbons (Fsp3) is 0.333. The minimum Gasteiger partial charge on any atom is -0.347 e. The van der Waals surface area contributed by atoms with Crippen LogP contribution in [0.15, 0.2) is 30.6 Å². The average molecular weight is 299 g/mol. The molecule has 0 bridgehead atoms. The van der Waals surface area contributed by atoms with Gasteiger partial charge in [0.2, 0.25) is 5.91 Å². The molecule has 0 radical (unpaired) electrons. The molecule has 0 aliphatic heterocycles. The molecule has 22 heavy (non-hydrogen) atoms. The standard InChI is InChI=1S/C15H17N5O2/c1-20-13(18-14(21)11-4-5-11)7-12(19-20)15(22)17-9-10-3-2-6-16-8-10/h2-3,6-8,11H,4-5,9H2,1H3,(H,17,22)(H,18,21). The summed E-state index contributed by atoms with van der Waals surface area (Å²) >= 11 is 0. The molecule has 2 aromatic rings. The third kappa shape index (κ3) is 3.30.